The lowest BCUT2D eigenvalue weighted by Gasteiger charge is -2.15. The highest BCUT2D eigenvalue weighted by molar-refractivity contribution is 5.62. The summed E-state index contributed by atoms with van der Waals surface area (Å²) in [7, 11) is 0. The number of nitrogens with zero attached hydrogens (tertiary/aromatic N) is 3. The maximum absolute atomic E-state index is 6.10. The molecular formula is C25H31N5O2. The lowest BCUT2D eigenvalue weighted by atomic mass is 10.1. The number of ether oxygens (including phenoxy) is 1. The summed E-state index contributed by atoms with van der Waals surface area (Å²) >= 11 is 0. The number of benzene rings is 1. The molecule has 168 valence electrons. The Kier molecular flexibility index (Phi) is 6.10. The molecule has 3 aromatic rings. The van der Waals surface area contributed by atoms with Crippen LogP contribution >= 0.6 is 0 Å². The lowest BCUT2D eigenvalue weighted by Crippen LogP contribution is -2.25. The first-order valence-electron chi connectivity index (χ1n) is 11.5. The van der Waals surface area contributed by atoms with Gasteiger partial charge in [-0.05, 0) is 61.7 Å². The quantitative estimate of drug-likeness (QED) is 0.580. The number of aryl methyl sites for hydroxylation is 1. The van der Waals surface area contributed by atoms with Crippen molar-refractivity contribution in [2.45, 2.75) is 33.2 Å². The average Bonchev–Trinajstić information content (AvgIpc) is 3.42. The van der Waals surface area contributed by atoms with Crippen molar-refractivity contribution in [3.63, 3.8) is 0 Å². The molecular weight excluding hydrogens is 402 g/mol. The van der Waals surface area contributed by atoms with Gasteiger partial charge in [-0.25, -0.2) is 9.97 Å². The van der Waals surface area contributed by atoms with Gasteiger partial charge < -0.3 is 19.8 Å². The Balaban J connectivity index is 1.21. The molecule has 4 heterocycles. The van der Waals surface area contributed by atoms with Crippen LogP contribution in [0, 0.1) is 12.8 Å². The van der Waals surface area contributed by atoms with Crippen molar-refractivity contribution in [3.8, 4) is 17.2 Å². The number of furan rings is 1. The van der Waals surface area contributed by atoms with E-state index in [0.717, 1.165) is 66.2 Å². The minimum absolute atomic E-state index is 0.551. The highest BCUT2D eigenvalue weighted by Gasteiger charge is 2.19. The molecule has 7 heteroatoms. The normalized spacial score (nSPS) is 18.5. The Hall–Kier alpha value is -2.90. The number of hydrogen-bond acceptors (Lipinski definition) is 7. The fourth-order valence-electron chi connectivity index (χ4n) is 4.41. The van der Waals surface area contributed by atoms with E-state index in [0.29, 0.717) is 12.6 Å². The maximum Gasteiger partial charge on any atom is 0.227 e. The van der Waals surface area contributed by atoms with Gasteiger partial charge in [-0.15, -0.1) is 0 Å². The summed E-state index contributed by atoms with van der Waals surface area (Å²) in [4.78, 5) is 11.7. The molecule has 0 aliphatic carbocycles. The van der Waals surface area contributed by atoms with Crippen molar-refractivity contribution >= 4 is 11.6 Å². The molecule has 1 unspecified atom stereocenters. The minimum atomic E-state index is 0.551. The molecule has 2 aliphatic heterocycles. The fourth-order valence-corrected chi connectivity index (χ4v) is 4.41. The van der Waals surface area contributed by atoms with E-state index >= 15 is 0 Å². The van der Waals surface area contributed by atoms with Gasteiger partial charge in [0, 0.05) is 50.0 Å². The Bertz CT molecular complexity index is 1040. The number of rotatable bonds is 7. The standard InChI is InChI=1S/C25H31N5O2/c1-17-8-10-30(16-17)11-12-31-21-5-3-20(4-6-21)28-25-27-14-18(2)24(29-25)23-13-19-15-26-9-7-22(19)32-23/h3-6,13-14,17,26H,7-12,15-16H2,1-2H3,(H,27,28,29). The van der Waals surface area contributed by atoms with Crippen LogP contribution in [0.15, 0.2) is 40.9 Å². The molecule has 5 rings (SSSR count). The molecule has 2 aromatic heterocycles. The van der Waals surface area contributed by atoms with Gasteiger partial charge in [-0.3, -0.25) is 4.90 Å². The molecule has 7 nitrogen and oxygen atoms in total. The molecule has 0 saturated carbocycles. The Labute approximate surface area is 189 Å². The Morgan fingerprint density at radius 2 is 2.16 bits per heavy atom. The lowest BCUT2D eigenvalue weighted by molar-refractivity contribution is 0.234. The van der Waals surface area contributed by atoms with Gasteiger partial charge in [0.2, 0.25) is 5.95 Å². The molecule has 32 heavy (non-hydrogen) atoms. The summed E-state index contributed by atoms with van der Waals surface area (Å²) in [6.45, 7) is 10.2. The van der Waals surface area contributed by atoms with Crippen LogP contribution in [0.4, 0.5) is 11.6 Å². The van der Waals surface area contributed by atoms with Crippen LogP contribution in [0.1, 0.15) is 30.2 Å². The zero-order valence-corrected chi connectivity index (χ0v) is 18.9. The van der Waals surface area contributed by atoms with Crippen LogP contribution in [-0.4, -0.2) is 47.7 Å². The summed E-state index contributed by atoms with van der Waals surface area (Å²) in [5.41, 5.74) is 3.95. The first-order valence-corrected chi connectivity index (χ1v) is 11.5. The van der Waals surface area contributed by atoms with E-state index in [1.807, 2.05) is 37.4 Å². The molecule has 2 N–H and O–H groups in total. The molecule has 1 atom stereocenters. The van der Waals surface area contributed by atoms with Crippen molar-refractivity contribution in [1.29, 1.82) is 0 Å². The first kappa shape index (κ1) is 21.0. The van der Waals surface area contributed by atoms with E-state index in [4.69, 9.17) is 14.1 Å². The van der Waals surface area contributed by atoms with E-state index in [9.17, 15) is 0 Å². The van der Waals surface area contributed by atoms with Gasteiger partial charge in [-0.2, -0.15) is 0 Å². The second-order valence-corrected chi connectivity index (χ2v) is 8.90. The number of fused-ring (bicyclic) bond motifs is 1. The van der Waals surface area contributed by atoms with Crippen LogP contribution in [0.5, 0.6) is 5.75 Å². The van der Waals surface area contributed by atoms with Gasteiger partial charge in [0.1, 0.15) is 23.8 Å². The summed E-state index contributed by atoms with van der Waals surface area (Å²) in [5.74, 6) is 4.09. The molecule has 1 fully saturated rings. The van der Waals surface area contributed by atoms with E-state index in [2.05, 4.69) is 33.5 Å². The topological polar surface area (TPSA) is 75.5 Å². The number of aromatic nitrogens is 2. The van der Waals surface area contributed by atoms with Crippen LogP contribution in [-0.2, 0) is 13.0 Å². The third-order valence-corrected chi connectivity index (χ3v) is 6.24. The predicted octanol–water partition coefficient (Wildman–Crippen LogP) is 4.15. The second kappa shape index (κ2) is 9.30. The molecule has 0 bridgehead atoms. The number of anilines is 2. The molecule has 1 aromatic carbocycles. The maximum atomic E-state index is 6.10. The summed E-state index contributed by atoms with van der Waals surface area (Å²) in [5, 5.41) is 6.68. The van der Waals surface area contributed by atoms with Crippen LogP contribution in [0.2, 0.25) is 0 Å². The van der Waals surface area contributed by atoms with Crippen molar-refractivity contribution < 1.29 is 9.15 Å². The molecule has 2 aliphatic rings. The largest absolute Gasteiger partial charge is 0.492 e. The summed E-state index contributed by atoms with van der Waals surface area (Å²) < 4.78 is 12.0. The van der Waals surface area contributed by atoms with Crippen LogP contribution in [0.3, 0.4) is 0 Å². The van der Waals surface area contributed by atoms with Crippen molar-refractivity contribution in [3.05, 3.63) is 53.4 Å². The monoisotopic (exact) mass is 433 g/mol. The van der Waals surface area contributed by atoms with Gasteiger partial charge >= 0.3 is 0 Å². The minimum Gasteiger partial charge on any atom is -0.492 e. The van der Waals surface area contributed by atoms with E-state index < -0.39 is 0 Å². The van der Waals surface area contributed by atoms with E-state index in [-0.39, 0.29) is 0 Å². The van der Waals surface area contributed by atoms with Gasteiger partial charge in [0.25, 0.3) is 0 Å². The third kappa shape index (κ3) is 4.79. The van der Waals surface area contributed by atoms with Crippen molar-refractivity contribution in [2.75, 3.05) is 38.1 Å². The van der Waals surface area contributed by atoms with E-state index in [1.165, 1.54) is 25.1 Å². The average molecular weight is 434 g/mol. The zero-order chi connectivity index (χ0) is 21.9. The van der Waals surface area contributed by atoms with Gasteiger partial charge in [0.15, 0.2) is 5.76 Å². The van der Waals surface area contributed by atoms with E-state index in [1.54, 1.807) is 0 Å². The smallest absolute Gasteiger partial charge is 0.227 e. The Morgan fingerprint density at radius 1 is 1.28 bits per heavy atom. The zero-order valence-electron chi connectivity index (χ0n) is 18.9. The van der Waals surface area contributed by atoms with Gasteiger partial charge in [0.05, 0.1) is 0 Å². The van der Waals surface area contributed by atoms with Crippen molar-refractivity contribution in [2.24, 2.45) is 5.92 Å². The van der Waals surface area contributed by atoms with Crippen molar-refractivity contribution in [1.82, 2.24) is 20.2 Å². The SMILES string of the molecule is Cc1cnc(Nc2ccc(OCCN3CCC(C)C3)cc2)nc1-c1cc2c(o1)CCNC2. The number of nitrogens with one attached hydrogen (secondary N) is 2. The summed E-state index contributed by atoms with van der Waals surface area (Å²) in [6.07, 6.45) is 4.04. The molecule has 0 radical (unpaired) electrons. The molecule has 1 saturated heterocycles. The number of likely N-dealkylation sites (tertiary alicyclic amines) is 1. The molecule has 0 amide bonds. The third-order valence-electron chi connectivity index (χ3n) is 6.24. The predicted molar refractivity (Wildman–Crippen MR) is 125 cm³/mol. The van der Waals surface area contributed by atoms with Gasteiger partial charge in [-0.1, -0.05) is 6.92 Å². The summed E-state index contributed by atoms with van der Waals surface area (Å²) in [6, 6.07) is 10.0. The first-order chi connectivity index (χ1) is 15.6. The Morgan fingerprint density at radius 3 is 2.94 bits per heavy atom. The highest BCUT2D eigenvalue weighted by Crippen LogP contribution is 2.29. The van der Waals surface area contributed by atoms with Crippen LogP contribution in [0.25, 0.3) is 11.5 Å². The molecule has 0 spiro atoms. The number of hydrogen-bond donors (Lipinski definition) is 2. The highest BCUT2D eigenvalue weighted by atomic mass is 16.5. The second-order valence-electron chi connectivity index (χ2n) is 8.90. The fraction of sp³-hybridized carbons (Fsp3) is 0.440. The van der Waals surface area contributed by atoms with Crippen LogP contribution < -0.4 is 15.4 Å².